The molecule has 154 valence electrons. The number of anilines is 1. The first-order chi connectivity index (χ1) is 14.3. The number of nitrogens with zero attached hydrogens (tertiary/aromatic N) is 2. The standard InChI is InChI=1S/C18H13ClN4O6S/c1-28-15-6-9(17(25)22-18-21-11(8-30-18)16(20)24)2-4-14(15)29-13-5-3-10(19)7-12(13)23(26)27/h2-8H,1H3,(H2,20,24)(H,21,22,25). The fourth-order valence-corrected chi connectivity index (χ4v) is 3.21. The molecule has 10 nitrogen and oxygen atoms in total. The number of hydrogen-bond donors (Lipinski definition) is 2. The molecule has 2 aromatic carbocycles. The van der Waals surface area contributed by atoms with Gasteiger partial charge in [0.1, 0.15) is 5.69 Å². The number of hydrogen-bond acceptors (Lipinski definition) is 8. The molecule has 1 heterocycles. The average Bonchev–Trinajstić information content (AvgIpc) is 3.18. The third-order valence-corrected chi connectivity index (χ3v) is 4.73. The van der Waals surface area contributed by atoms with Crippen molar-refractivity contribution in [3.8, 4) is 17.2 Å². The molecule has 12 heteroatoms. The molecule has 0 bridgehead atoms. The molecule has 0 aliphatic rings. The Morgan fingerprint density at radius 2 is 1.93 bits per heavy atom. The van der Waals surface area contributed by atoms with Gasteiger partial charge < -0.3 is 15.2 Å². The molecule has 0 aliphatic carbocycles. The fraction of sp³-hybridized carbons (Fsp3) is 0.0556. The van der Waals surface area contributed by atoms with Crippen molar-refractivity contribution in [1.82, 2.24) is 4.98 Å². The number of halogens is 1. The van der Waals surface area contributed by atoms with E-state index in [1.54, 1.807) is 0 Å². The van der Waals surface area contributed by atoms with Crippen LogP contribution >= 0.6 is 22.9 Å². The highest BCUT2D eigenvalue weighted by Crippen LogP contribution is 2.38. The van der Waals surface area contributed by atoms with Gasteiger partial charge in [0.05, 0.1) is 12.0 Å². The molecule has 3 N–H and O–H groups in total. The van der Waals surface area contributed by atoms with Gasteiger partial charge in [0.15, 0.2) is 16.6 Å². The summed E-state index contributed by atoms with van der Waals surface area (Å²) in [5.41, 5.74) is 5.07. The summed E-state index contributed by atoms with van der Waals surface area (Å²) in [6.07, 6.45) is 0. The van der Waals surface area contributed by atoms with Crippen LogP contribution in [0.15, 0.2) is 41.8 Å². The first-order valence-corrected chi connectivity index (χ1v) is 9.40. The summed E-state index contributed by atoms with van der Waals surface area (Å²) in [5, 5.41) is 15.6. The van der Waals surface area contributed by atoms with Crippen LogP contribution in [0.2, 0.25) is 5.02 Å². The Kier molecular flexibility index (Phi) is 6.14. The van der Waals surface area contributed by atoms with Crippen LogP contribution in [-0.4, -0.2) is 28.8 Å². The van der Waals surface area contributed by atoms with Gasteiger partial charge in [-0.3, -0.25) is 25.0 Å². The largest absolute Gasteiger partial charge is 0.493 e. The number of carbonyl (C=O) groups is 2. The summed E-state index contributed by atoms with van der Waals surface area (Å²) in [4.78, 5) is 38.1. The minimum absolute atomic E-state index is 0.0401. The van der Waals surface area contributed by atoms with E-state index in [1.807, 2.05) is 0 Å². The fourth-order valence-electron chi connectivity index (χ4n) is 2.34. The van der Waals surface area contributed by atoms with Crippen LogP contribution < -0.4 is 20.5 Å². The zero-order valence-corrected chi connectivity index (χ0v) is 16.8. The summed E-state index contributed by atoms with van der Waals surface area (Å²) in [5.74, 6) is -0.927. The van der Waals surface area contributed by atoms with Gasteiger partial charge in [-0.2, -0.15) is 0 Å². The number of methoxy groups -OCH3 is 1. The topological polar surface area (TPSA) is 147 Å². The van der Waals surface area contributed by atoms with Crippen molar-refractivity contribution in [2.45, 2.75) is 0 Å². The Bertz CT molecular complexity index is 1150. The molecular formula is C18H13ClN4O6S. The average molecular weight is 449 g/mol. The lowest BCUT2D eigenvalue weighted by Gasteiger charge is -2.12. The molecule has 3 aromatic rings. The van der Waals surface area contributed by atoms with Gasteiger partial charge in [0.2, 0.25) is 5.75 Å². The first kappa shape index (κ1) is 21.0. The zero-order chi connectivity index (χ0) is 21.8. The number of rotatable bonds is 7. The lowest BCUT2D eigenvalue weighted by molar-refractivity contribution is -0.385. The molecule has 0 saturated heterocycles. The number of nitro benzene ring substituents is 1. The summed E-state index contributed by atoms with van der Waals surface area (Å²) in [7, 11) is 1.36. The van der Waals surface area contributed by atoms with Gasteiger partial charge in [-0.25, -0.2) is 4.98 Å². The van der Waals surface area contributed by atoms with Crippen molar-refractivity contribution < 1.29 is 24.0 Å². The summed E-state index contributed by atoms with van der Waals surface area (Å²) < 4.78 is 10.9. The Morgan fingerprint density at radius 1 is 1.20 bits per heavy atom. The van der Waals surface area contributed by atoms with E-state index in [9.17, 15) is 19.7 Å². The van der Waals surface area contributed by atoms with Gasteiger partial charge in [0.25, 0.3) is 11.8 Å². The van der Waals surface area contributed by atoms with Crippen LogP contribution in [0, 0.1) is 10.1 Å². The maximum Gasteiger partial charge on any atom is 0.313 e. The van der Waals surface area contributed by atoms with Crippen LogP contribution in [0.3, 0.4) is 0 Å². The van der Waals surface area contributed by atoms with Gasteiger partial charge in [-0.15, -0.1) is 11.3 Å². The van der Waals surface area contributed by atoms with Crippen molar-refractivity contribution in [3.05, 3.63) is 68.2 Å². The minimum atomic E-state index is -0.703. The van der Waals surface area contributed by atoms with Crippen LogP contribution in [0.25, 0.3) is 0 Å². The monoisotopic (exact) mass is 448 g/mol. The zero-order valence-electron chi connectivity index (χ0n) is 15.2. The van der Waals surface area contributed by atoms with E-state index in [0.717, 1.165) is 11.3 Å². The van der Waals surface area contributed by atoms with E-state index < -0.39 is 16.7 Å². The van der Waals surface area contributed by atoms with E-state index in [4.69, 9.17) is 26.8 Å². The van der Waals surface area contributed by atoms with Gasteiger partial charge in [0, 0.05) is 22.0 Å². The normalized spacial score (nSPS) is 10.3. The van der Waals surface area contributed by atoms with E-state index in [2.05, 4.69) is 10.3 Å². The molecule has 0 radical (unpaired) electrons. The Hall–Kier alpha value is -3.70. The number of nitro groups is 1. The number of aromatic nitrogens is 1. The number of benzene rings is 2. The molecule has 0 aliphatic heterocycles. The second-order valence-electron chi connectivity index (χ2n) is 5.69. The molecular weight excluding hydrogens is 436 g/mol. The predicted octanol–water partition coefficient (Wildman–Crippen LogP) is 3.86. The Morgan fingerprint density at radius 3 is 2.57 bits per heavy atom. The van der Waals surface area contributed by atoms with Gasteiger partial charge in [-0.1, -0.05) is 11.6 Å². The van der Waals surface area contributed by atoms with Crippen molar-refractivity contribution in [2.24, 2.45) is 5.73 Å². The van der Waals surface area contributed by atoms with Crippen LogP contribution in [0.4, 0.5) is 10.8 Å². The number of nitrogens with two attached hydrogens (primary N) is 1. The van der Waals surface area contributed by atoms with E-state index >= 15 is 0 Å². The van der Waals surface area contributed by atoms with Gasteiger partial charge >= 0.3 is 5.69 Å². The number of nitrogens with one attached hydrogen (secondary N) is 1. The molecule has 3 rings (SSSR count). The smallest absolute Gasteiger partial charge is 0.313 e. The highest BCUT2D eigenvalue weighted by atomic mass is 35.5. The molecule has 1 aromatic heterocycles. The lowest BCUT2D eigenvalue weighted by atomic mass is 10.2. The van der Waals surface area contributed by atoms with Crippen molar-refractivity contribution in [3.63, 3.8) is 0 Å². The molecule has 0 unspecified atom stereocenters. The Balaban J connectivity index is 1.83. The van der Waals surface area contributed by atoms with Crippen LogP contribution in [-0.2, 0) is 0 Å². The lowest BCUT2D eigenvalue weighted by Crippen LogP contribution is -2.14. The molecule has 0 saturated carbocycles. The van der Waals surface area contributed by atoms with Gasteiger partial charge in [-0.05, 0) is 30.3 Å². The van der Waals surface area contributed by atoms with E-state index in [0.29, 0.717) is 0 Å². The summed E-state index contributed by atoms with van der Waals surface area (Å²) in [6.45, 7) is 0. The SMILES string of the molecule is COc1cc(C(=O)Nc2nc(C(N)=O)cs2)ccc1Oc1ccc(Cl)cc1[N+](=O)[O-]. The van der Waals surface area contributed by atoms with Crippen molar-refractivity contribution in [1.29, 1.82) is 0 Å². The molecule has 0 spiro atoms. The third kappa shape index (κ3) is 4.64. The second-order valence-corrected chi connectivity index (χ2v) is 6.99. The number of thiazole rings is 1. The van der Waals surface area contributed by atoms with Crippen LogP contribution in [0.1, 0.15) is 20.8 Å². The predicted molar refractivity (Wildman–Crippen MR) is 110 cm³/mol. The Labute approximate surface area is 178 Å². The minimum Gasteiger partial charge on any atom is -0.493 e. The van der Waals surface area contributed by atoms with E-state index in [-0.39, 0.29) is 44.3 Å². The quantitative estimate of drug-likeness (QED) is 0.412. The molecule has 0 fully saturated rings. The summed E-state index contributed by atoms with van der Waals surface area (Å²) >= 11 is 6.85. The first-order valence-electron chi connectivity index (χ1n) is 8.15. The number of amides is 2. The highest BCUT2D eigenvalue weighted by molar-refractivity contribution is 7.14. The maximum atomic E-state index is 12.5. The van der Waals surface area contributed by atoms with Crippen molar-refractivity contribution >= 4 is 45.6 Å². The highest BCUT2D eigenvalue weighted by Gasteiger charge is 2.19. The summed E-state index contributed by atoms with van der Waals surface area (Å²) in [6, 6.07) is 8.25. The third-order valence-electron chi connectivity index (χ3n) is 3.74. The van der Waals surface area contributed by atoms with E-state index in [1.165, 1.54) is 48.9 Å². The number of carbonyl (C=O) groups excluding carboxylic acids is 2. The maximum absolute atomic E-state index is 12.5. The number of primary amides is 1. The van der Waals surface area contributed by atoms with Crippen LogP contribution in [0.5, 0.6) is 17.2 Å². The molecule has 0 atom stereocenters. The second kappa shape index (κ2) is 8.76. The van der Waals surface area contributed by atoms with Crippen molar-refractivity contribution in [2.75, 3.05) is 12.4 Å². The molecule has 2 amide bonds. The number of ether oxygens (including phenoxy) is 2. The molecule has 30 heavy (non-hydrogen) atoms.